The van der Waals surface area contributed by atoms with E-state index in [-0.39, 0.29) is 17.1 Å². The minimum atomic E-state index is -0.574. The minimum absolute atomic E-state index is 0.0555. The molecule has 3 aromatic rings. The van der Waals surface area contributed by atoms with Crippen LogP contribution in [0.15, 0.2) is 42.1 Å². The first-order valence-corrected chi connectivity index (χ1v) is 9.47. The Morgan fingerprint density at radius 3 is 2.75 bits per heavy atom. The van der Waals surface area contributed by atoms with Crippen molar-refractivity contribution in [3.63, 3.8) is 0 Å². The van der Waals surface area contributed by atoms with Crippen molar-refractivity contribution in [2.75, 3.05) is 12.4 Å². The van der Waals surface area contributed by atoms with Gasteiger partial charge in [0.1, 0.15) is 16.6 Å². The number of ether oxygens (including phenoxy) is 1. The van der Waals surface area contributed by atoms with Gasteiger partial charge in [0.05, 0.1) is 12.7 Å². The summed E-state index contributed by atoms with van der Waals surface area (Å²) in [6.45, 7) is 3.99. The number of aromatic amines is 1. The SMILES string of the molecule is COC(=O)c1cc(C(C)C)sc1NC(=O)/C(C#N)=C/c1c[nH]c2ccccc12. The number of para-hydroxylation sites is 1. The summed E-state index contributed by atoms with van der Waals surface area (Å²) in [5.41, 5.74) is 1.89. The normalized spacial score (nSPS) is 11.5. The van der Waals surface area contributed by atoms with Crippen LogP contribution in [0.2, 0.25) is 0 Å². The zero-order valence-electron chi connectivity index (χ0n) is 15.7. The molecule has 0 saturated heterocycles. The minimum Gasteiger partial charge on any atom is -0.465 e. The van der Waals surface area contributed by atoms with Crippen LogP contribution < -0.4 is 5.32 Å². The number of H-pyrrole nitrogens is 1. The van der Waals surface area contributed by atoms with Crippen LogP contribution in [0, 0.1) is 11.3 Å². The number of amides is 1. The predicted octanol–water partition coefficient (Wildman–Crippen LogP) is 4.69. The number of anilines is 1. The van der Waals surface area contributed by atoms with Crippen molar-refractivity contribution in [1.82, 2.24) is 4.98 Å². The number of aromatic nitrogens is 1. The lowest BCUT2D eigenvalue weighted by Crippen LogP contribution is -2.15. The summed E-state index contributed by atoms with van der Waals surface area (Å²) in [4.78, 5) is 28.8. The number of nitrogens with zero attached hydrogens (tertiary/aromatic N) is 1. The fourth-order valence-corrected chi connectivity index (χ4v) is 3.78. The number of nitriles is 1. The highest BCUT2D eigenvalue weighted by atomic mass is 32.1. The number of carbonyl (C=O) groups is 2. The third-order valence-corrected chi connectivity index (χ3v) is 5.59. The van der Waals surface area contributed by atoms with Crippen molar-refractivity contribution >= 4 is 45.2 Å². The van der Waals surface area contributed by atoms with E-state index in [9.17, 15) is 14.9 Å². The fourth-order valence-electron chi connectivity index (χ4n) is 2.74. The highest BCUT2D eigenvalue weighted by Gasteiger charge is 2.21. The van der Waals surface area contributed by atoms with Crippen LogP contribution in [0.1, 0.15) is 40.6 Å². The fraction of sp³-hybridized carbons (Fsp3) is 0.190. The molecule has 0 radical (unpaired) electrons. The molecule has 2 N–H and O–H groups in total. The Morgan fingerprint density at radius 2 is 2.07 bits per heavy atom. The van der Waals surface area contributed by atoms with Gasteiger partial charge < -0.3 is 15.0 Å². The zero-order chi connectivity index (χ0) is 20.3. The Kier molecular flexibility index (Phi) is 5.62. The number of fused-ring (bicyclic) bond motifs is 1. The summed E-state index contributed by atoms with van der Waals surface area (Å²) in [6.07, 6.45) is 3.28. The van der Waals surface area contributed by atoms with Crippen molar-refractivity contribution in [1.29, 1.82) is 5.26 Å². The van der Waals surface area contributed by atoms with E-state index in [4.69, 9.17) is 4.74 Å². The topological polar surface area (TPSA) is 95.0 Å². The monoisotopic (exact) mass is 393 g/mol. The van der Waals surface area contributed by atoms with Crippen LogP contribution in [0.3, 0.4) is 0 Å². The molecule has 6 nitrogen and oxygen atoms in total. The Bertz CT molecular complexity index is 1120. The van der Waals surface area contributed by atoms with Crippen molar-refractivity contribution in [2.24, 2.45) is 0 Å². The second-order valence-corrected chi connectivity index (χ2v) is 7.54. The van der Waals surface area contributed by atoms with E-state index in [1.807, 2.05) is 44.2 Å². The van der Waals surface area contributed by atoms with Crippen LogP contribution >= 0.6 is 11.3 Å². The summed E-state index contributed by atoms with van der Waals surface area (Å²) in [6, 6.07) is 11.3. The first kappa shape index (κ1) is 19.4. The molecule has 28 heavy (non-hydrogen) atoms. The van der Waals surface area contributed by atoms with E-state index in [0.29, 0.717) is 5.00 Å². The van der Waals surface area contributed by atoms with Gasteiger partial charge in [-0.1, -0.05) is 32.0 Å². The first-order valence-electron chi connectivity index (χ1n) is 8.66. The van der Waals surface area contributed by atoms with Gasteiger partial charge in [0.2, 0.25) is 0 Å². The summed E-state index contributed by atoms with van der Waals surface area (Å²) in [5.74, 6) is -0.913. The molecule has 1 amide bonds. The first-order chi connectivity index (χ1) is 13.4. The van der Waals surface area contributed by atoms with E-state index < -0.39 is 11.9 Å². The number of hydrogen-bond donors (Lipinski definition) is 2. The molecule has 0 aliphatic carbocycles. The van der Waals surface area contributed by atoms with E-state index >= 15 is 0 Å². The van der Waals surface area contributed by atoms with Crippen molar-refractivity contribution < 1.29 is 14.3 Å². The van der Waals surface area contributed by atoms with Crippen LogP contribution in [0.25, 0.3) is 17.0 Å². The maximum Gasteiger partial charge on any atom is 0.340 e. The number of rotatable bonds is 5. The molecule has 0 spiro atoms. The Hall–Kier alpha value is -3.37. The second-order valence-electron chi connectivity index (χ2n) is 6.45. The van der Waals surface area contributed by atoms with Crippen LogP contribution in [0.5, 0.6) is 0 Å². The Balaban J connectivity index is 1.93. The van der Waals surface area contributed by atoms with Gasteiger partial charge in [0, 0.05) is 27.5 Å². The third-order valence-electron chi connectivity index (χ3n) is 4.24. The largest absolute Gasteiger partial charge is 0.465 e. The van der Waals surface area contributed by atoms with Crippen molar-refractivity contribution in [2.45, 2.75) is 19.8 Å². The zero-order valence-corrected chi connectivity index (χ0v) is 16.5. The molecule has 142 valence electrons. The molecule has 0 saturated carbocycles. The Morgan fingerprint density at radius 1 is 1.32 bits per heavy atom. The molecule has 0 atom stereocenters. The predicted molar refractivity (Wildman–Crippen MR) is 110 cm³/mol. The van der Waals surface area contributed by atoms with Gasteiger partial charge in [-0.2, -0.15) is 5.26 Å². The summed E-state index contributed by atoms with van der Waals surface area (Å²) in [7, 11) is 1.29. The lowest BCUT2D eigenvalue weighted by molar-refractivity contribution is -0.112. The van der Waals surface area contributed by atoms with Gasteiger partial charge in [-0.05, 0) is 24.1 Å². The van der Waals surface area contributed by atoms with E-state index in [1.165, 1.54) is 24.5 Å². The quantitative estimate of drug-likeness (QED) is 0.374. The molecular weight excluding hydrogens is 374 g/mol. The smallest absolute Gasteiger partial charge is 0.340 e. The molecule has 2 aromatic heterocycles. The summed E-state index contributed by atoms with van der Waals surface area (Å²) >= 11 is 1.30. The number of benzene rings is 1. The molecule has 0 bridgehead atoms. The average molecular weight is 393 g/mol. The average Bonchev–Trinajstić information content (AvgIpc) is 3.30. The van der Waals surface area contributed by atoms with Crippen molar-refractivity contribution in [3.8, 4) is 6.07 Å². The van der Waals surface area contributed by atoms with Gasteiger partial charge in [0.15, 0.2) is 0 Å². The lowest BCUT2D eigenvalue weighted by Gasteiger charge is -2.04. The molecule has 3 rings (SSSR count). The molecule has 0 aliphatic rings. The van der Waals surface area contributed by atoms with Crippen molar-refractivity contribution in [3.05, 3.63) is 58.1 Å². The molecule has 0 aliphatic heterocycles. The summed E-state index contributed by atoms with van der Waals surface area (Å²) in [5, 5.41) is 13.5. The van der Waals surface area contributed by atoms with Crippen LogP contribution in [-0.2, 0) is 9.53 Å². The number of thiophene rings is 1. The summed E-state index contributed by atoms with van der Waals surface area (Å²) < 4.78 is 4.80. The van der Waals surface area contributed by atoms with Crippen LogP contribution in [-0.4, -0.2) is 24.0 Å². The van der Waals surface area contributed by atoms with E-state index in [0.717, 1.165) is 21.3 Å². The molecule has 2 heterocycles. The van der Waals surface area contributed by atoms with Gasteiger partial charge >= 0.3 is 5.97 Å². The second kappa shape index (κ2) is 8.11. The van der Waals surface area contributed by atoms with Gasteiger partial charge in [0.25, 0.3) is 5.91 Å². The lowest BCUT2D eigenvalue weighted by atomic mass is 10.1. The number of carbonyl (C=O) groups excluding carboxylic acids is 2. The third kappa shape index (κ3) is 3.82. The van der Waals surface area contributed by atoms with Crippen LogP contribution in [0.4, 0.5) is 5.00 Å². The van der Waals surface area contributed by atoms with Gasteiger partial charge in [-0.25, -0.2) is 4.79 Å². The van der Waals surface area contributed by atoms with Gasteiger partial charge in [-0.15, -0.1) is 11.3 Å². The maximum atomic E-state index is 12.7. The van der Waals surface area contributed by atoms with E-state index in [2.05, 4.69) is 10.3 Å². The van der Waals surface area contributed by atoms with E-state index in [1.54, 1.807) is 12.3 Å². The van der Waals surface area contributed by atoms with Gasteiger partial charge in [-0.3, -0.25) is 4.79 Å². The standard InChI is InChI=1S/C21H19N3O3S/c1-12(2)18-9-16(21(26)27-3)20(28-18)24-19(25)13(10-22)8-14-11-23-17-7-5-4-6-15(14)17/h4-9,11-12,23H,1-3H3,(H,24,25)/b13-8+. The molecular formula is C21H19N3O3S. The number of hydrogen-bond acceptors (Lipinski definition) is 5. The molecule has 0 fully saturated rings. The highest BCUT2D eigenvalue weighted by Crippen LogP contribution is 2.33. The molecule has 7 heteroatoms. The number of nitrogens with one attached hydrogen (secondary N) is 2. The Labute approximate surface area is 166 Å². The highest BCUT2D eigenvalue weighted by molar-refractivity contribution is 7.16. The molecule has 1 aromatic carbocycles. The number of methoxy groups -OCH3 is 1. The number of esters is 1. The molecule has 0 unspecified atom stereocenters. The maximum absolute atomic E-state index is 12.7.